The van der Waals surface area contributed by atoms with E-state index in [4.69, 9.17) is 10.5 Å². The van der Waals surface area contributed by atoms with Gasteiger partial charge in [0.25, 0.3) is 0 Å². The van der Waals surface area contributed by atoms with Crippen molar-refractivity contribution < 1.29 is 9.53 Å². The van der Waals surface area contributed by atoms with E-state index in [1.807, 2.05) is 45.0 Å². The molecule has 108 valence electrons. The first-order valence-corrected chi connectivity index (χ1v) is 6.22. The number of hydrogen-bond donors (Lipinski definition) is 2. The molecule has 3 N–H and O–H groups in total. The van der Waals surface area contributed by atoms with E-state index in [1.165, 1.54) is 0 Å². The van der Waals surface area contributed by atoms with E-state index in [0.717, 1.165) is 11.3 Å². The van der Waals surface area contributed by atoms with E-state index in [2.05, 4.69) is 5.32 Å². The van der Waals surface area contributed by atoms with Crippen molar-refractivity contribution in [2.75, 3.05) is 0 Å². The zero-order valence-electron chi connectivity index (χ0n) is 11.8. The molecule has 1 aromatic rings. The first kappa shape index (κ1) is 17.7. The van der Waals surface area contributed by atoms with Gasteiger partial charge in [0, 0.05) is 0 Å². The third-order valence-electron chi connectivity index (χ3n) is 2.50. The number of halogens is 1. The lowest BCUT2D eigenvalue weighted by molar-refractivity contribution is -0.122. The standard InChI is InChI=1S/C14H22N2O2.ClH/c1-9(2)18-13-7-5-6-12(8-13)11(4)16-14(17)10(3)15;/h5-11H,15H2,1-4H3,(H,16,17);1H. The Hall–Kier alpha value is -1.26. The molecule has 0 heterocycles. The summed E-state index contributed by atoms with van der Waals surface area (Å²) < 4.78 is 5.62. The molecule has 0 aromatic heterocycles. The maximum Gasteiger partial charge on any atom is 0.237 e. The number of nitrogens with two attached hydrogens (primary N) is 1. The molecule has 0 saturated carbocycles. The van der Waals surface area contributed by atoms with Gasteiger partial charge in [-0.2, -0.15) is 0 Å². The number of amides is 1. The topological polar surface area (TPSA) is 64.3 Å². The summed E-state index contributed by atoms with van der Waals surface area (Å²) in [5.74, 6) is 0.655. The first-order chi connectivity index (χ1) is 8.40. The monoisotopic (exact) mass is 286 g/mol. The van der Waals surface area contributed by atoms with Crippen molar-refractivity contribution >= 4 is 18.3 Å². The Bertz CT molecular complexity index is 408. The Kier molecular flexibility index (Phi) is 7.49. The van der Waals surface area contributed by atoms with Crippen LogP contribution in [-0.4, -0.2) is 18.1 Å². The van der Waals surface area contributed by atoms with E-state index < -0.39 is 6.04 Å². The van der Waals surface area contributed by atoms with Gasteiger partial charge < -0.3 is 15.8 Å². The summed E-state index contributed by atoms with van der Waals surface area (Å²) in [7, 11) is 0. The van der Waals surface area contributed by atoms with Crippen molar-refractivity contribution in [1.29, 1.82) is 0 Å². The SMILES string of the molecule is CC(C)Oc1cccc(C(C)NC(=O)C(C)N)c1.Cl. The summed E-state index contributed by atoms with van der Waals surface area (Å²) in [5, 5.41) is 2.86. The van der Waals surface area contributed by atoms with Gasteiger partial charge in [-0.25, -0.2) is 0 Å². The number of hydrogen-bond acceptors (Lipinski definition) is 3. The molecule has 1 rings (SSSR count). The van der Waals surface area contributed by atoms with Crippen LogP contribution in [0.25, 0.3) is 0 Å². The molecular formula is C14H23ClN2O2. The second-order valence-corrected chi connectivity index (χ2v) is 4.76. The van der Waals surface area contributed by atoms with E-state index in [9.17, 15) is 4.79 Å². The van der Waals surface area contributed by atoms with Gasteiger partial charge in [0.15, 0.2) is 0 Å². The minimum Gasteiger partial charge on any atom is -0.491 e. The Morgan fingerprint density at radius 2 is 1.89 bits per heavy atom. The van der Waals surface area contributed by atoms with Crippen molar-refractivity contribution in [3.8, 4) is 5.75 Å². The van der Waals surface area contributed by atoms with Crippen molar-refractivity contribution in [1.82, 2.24) is 5.32 Å². The Morgan fingerprint density at radius 3 is 2.42 bits per heavy atom. The van der Waals surface area contributed by atoms with Crippen LogP contribution < -0.4 is 15.8 Å². The zero-order valence-corrected chi connectivity index (χ0v) is 12.7. The molecule has 5 heteroatoms. The zero-order chi connectivity index (χ0) is 13.7. The first-order valence-electron chi connectivity index (χ1n) is 6.22. The van der Waals surface area contributed by atoms with Crippen LogP contribution in [0.5, 0.6) is 5.75 Å². The Morgan fingerprint density at radius 1 is 1.26 bits per heavy atom. The van der Waals surface area contributed by atoms with Gasteiger partial charge in [0.2, 0.25) is 5.91 Å². The number of carbonyl (C=O) groups excluding carboxylic acids is 1. The van der Waals surface area contributed by atoms with Gasteiger partial charge in [0.05, 0.1) is 18.2 Å². The number of rotatable bonds is 5. The lowest BCUT2D eigenvalue weighted by Crippen LogP contribution is -2.39. The Labute approximate surface area is 121 Å². The molecule has 1 aromatic carbocycles. The molecule has 0 aliphatic carbocycles. The summed E-state index contributed by atoms with van der Waals surface area (Å²) in [4.78, 5) is 11.5. The van der Waals surface area contributed by atoms with Crippen molar-refractivity contribution in [3.63, 3.8) is 0 Å². The number of benzene rings is 1. The molecule has 1 amide bonds. The molecule has 0 aliphatic rings. The highest BCUT2D eigenvalue weighted by Gasteiger charge is 2.13. The maximum absolute atomic E-state index is 11.5. The second-order valence-electron chi connectivity index (χ2n) is 4.76. The highest BCUT2D eigenvalue weighted by atomic mass is 35.5. The predicted octanol–water partition coefficient (Wildman–Crippen LogP) is 2.42. The highest BCUT2D eigenvalue weighted by molar-refractivity contribution is 5.85. The second kappa shape index (κ2) is 8.02. The summed E-state index contributed by atoms with van der Waals surface area (Å²) in [5.41, 5.74) is 6.52. The fourth-order valence-corrected chi connectivity index (χ4v) is 1.56. The average Bonchev–Trinajstić information content (AvgIpc) is 2.28. The molecular weight excluding hydrogens is 264 g/mol. The number of carbonyl (C=O) groups is 1. The third kappa shape index (κ3) is 5.94. The molecule has 19 heavy (non-hydrogen) atoms. The average molecular weight is 287 g/mol. The molecule has 0 fully saturated rings. The highest BCUT2D eigenvalue weighted by Crippen LogP contribution is 2.20. The van der Waals surface area contributed by atoms with Gasteiger partial charge in [0.1, 0.15) is 5.75 Å². The van der Waals surface area contributed by atoms with E-state index in [0.29, 0.717) is 0 Å². The van der Waals surface area contributed by atoms with Crippen molar-refractivity contribution in [2.24, 2.45) is 5.73 Å². The fraction of sp³-hybridized carbons (Fsp3) is 0.500. The summed E-state index contributed by atoms with van der Waals surface area (Å²) in [6.45, 7) is 7.55. The van der Waals surface area contributed by atoms with E-state index >= 15 is 0 Å². The predicted molar refractivity (Wildman–Crippen MR) is 79.7 cm³/mol. The Balaban J connectivity index is 0.00000324. The molecule has 0 bridgehead atoms. The quantitative estimate of drug-likeness (QED) is 0.874. The van der Waals surface area contributed by atoms with E-state index in [-0.39, 0.29) is 30.5 Å². The molecule has 0 spiro atoms. The summed E-state index contributed by atoms with van der Waals surface area (Å²) in [6, 6.07) is 7.14. The van der Waals surface area contributed by atoms with Crippen LogP contribution in [0.4, 0.5) is 0 Å². The number of nitrogens with one attached hydrogen (secondary N) is 1. The lowest BCUT2D eigenvalue weighted by Gasteiger charge is -2.17. The molecule has 0 aliphatic heterocycles. The van der Waals surface area contributed by atoms with Gasteiger partial charge in [-0.1, -0.05) is 12.1 Å². The van der Waals surface area contributed by atoms with Crippen molar-refractivity contribution in [3.05, 3.63) is 29.8 Å². The van der Waals surface area contributed by atoms with Gasteiger partial charge in [-0.3, -0.25) is 4.79 Å². The normalized spacial score (nSPS) is 13.4. The minimum absolute atomic E-state index is 0. The van der Waals surface area contributed by atoms with Crippen LogP contribution in [0.3, 0.4) is 0 Å². The summed E-state index contributed by atoms with van der Waals surface area (Å²) in [6.07, 6.45) is 0.134. The van der Waals surface area contributed by atoms with E-state index in [1.54, 1.807) is 6.92 Å². The molecule has 2 atom stereocenters. The molecule has 0 saturated heterocycles. The third-order valence-corrected chi connectivity index (χ3v) is 2.50. The number of ether oxygens (including phenoxy) is 1. The largest absolute Gasteiger partial charge is 0.491 e. The smallest absolute Gasteiger partial charge is 0.237 e. The van der Waals surface area contributed by atoms with Crippen LogP contribution in [0.2, 0.25) is 0 Å². The molecule has 0 radical (unpaired) electrons. The van der Waals surface area contributed by atoms with Crippen LogP contribution in [0.15, 0.2) is 24.3 Å². The van der Waals surface area contributed by atoms with Gasteiger partial charge in [-0.15, -0.1) is 12.4 Å². The van der Waals surface area contributed by atoms with Gasteiger partial charge >= 0.3 is 0 Å². The summed E-state index contributed by atoms with van der Waals surface area (Å²) >= 11 is 0. The van der Waals surface area contributed by atoms with Crippen LogP contribution in [0.1, 0.15) is 39.3 Å². The van der Waals surface area contributed by atoms with Crippen LogP contribution in [-0.2, 0) is 4.79 Å². The minimum atomic E-state index is -0.498. The van der Waals surface area contributed by atoms with Crippen LogP contribution in [0, 0.1) is 0 Å². The fourth-order valence-electron chi connectivity index (χ4n) is 1.56. The van der Waals surface area contributed by atoms with Crippen molar-refractivity contribution in [2.45, 2.75) is 45.9 Å². The lowest BCUT2D eigenvalue weighted by atomic mass is 10.1. The van der Waals surface area contributed by atoms with Gasteiger partial charge in [-0.05, 0) is 45.4 Å². The molecule has 2 unspecified atom stereocenters. The van der Waals surface area contributed by atoms with Crippen LogP contribution >= 0.6 is 12.4 Å². The maximum atomic E-state index is 11.5. The molecule has 4 nitrogen and oxygen atoms in total.